The molecule has 0 aliphatic carbocycles. The maximum atomic E-state index is 12.3. The number of benzene rings is 1. The average molecular weight is 308 g/mol. The summed E-state index contributed by atoms with van der Waals surface area (Å²) < 4.78 is 10.3. The summed E-state index contributed by atoms with van der Waals surface area (Å²) in [4.78, 5) is 25.0. The number of carbonyl (C=O) groups is 2. The minimum Gasteiger partial charge on any atom is -0.497 e. The summed E-state index contributed by atoms with van der Waals surface area (Å²) in [6, 6.07) is 4.72. The van der Waals surface area contributed by atoms with Crippen molar-refractivity contribution in [2.75, 3.05) is 32.6 Å². The van der Waals surface area contributed by atoms with Gasteiger partial charge in [0.25, 0.3) is 0 Å². The van der Waals surface area contributed by atoms with Crippen LogP contribution in [-0.4, -0.2) is 49.3 Å². The number of nitrogens with one attached hydrogen (secondary N) is 1. The van der Waals surface area contributed by atoms with Gasteiger partial charge in [0.15, 0.2) is 0 Å². The number of amides is 2. The Hall–Kier alpha value is -2.44. The third-order valence-electron chi connectivity index (χ3n) is 3.93. The first kappa shape index (κ1) is 15.9. The Morgan fingerprint density at radius 3 is 2.59 bits per heavy atom. The Morgan fingerprint density at radius 2 is 2.05 bits per heavy atom. The summed E-state index contributed by atoms with van der Waals surface area (Å²) in [6.07, 6.45) is 0.440. The van der Waals surface area contributed by atoms with Crippen LogP contribution >= 0.6 is 0 Å². The predicted molar refractivity (Wildman–Crippen MR) is 80.5 cm³/mol. The van der Waals surface area contributed by atoms with E-state index in [9.17, 15) is 14.7 Å². The van der Waals surface area contributed by atoms with E-state index in [4.69, 9.17) is 9.47 Å². The van der Waals surface area contributed by atoms with Crippen LogP contribution in [0.2, 0.25) is 0 Å². The zero-order valence-corrected chi connectivity index (χ0v) is 12.9. The molecule has 120 valence electrons. The fourth-order valence-electron chi connectivity index (χ4n) is 2.41. The SMILES string of the molecule is COc1ccc(NC(=O)N2CCC(C)(C(=O)O)C2)c(OC)c1. The second-order valence-corrected chi connectivity index (χ2v) is 5.53. The number of carboxylic acid groups (broad SMARTS) is 1. The van der Waals surface area contributed by atoms with Crippen molar-refractivity contribution in [3.05, 3.63) is 18.2 Å². The Bertz CT molecular complexity index is 589. The van der Waals surface area contributed by atoms with Crippen LogP contribution < -0.4 is 14.8 Å². The number of anilines is 1. The molecule has 1 saturated heterocycles. The number of carboxylic acids is 1. The van der Waals surface area contributed by atoms with Crippen LogP contribution in [0.1, 0.15) is 13.3 Å². The molecule has 22 heavy (non-hydrogen) atoms. The van der Waals surface area contributed by atoms with Crippen molar-refractivity contribution >= 4 is 17.7 Å². The Morgan fingerprint density at radius 1 is 1.32 bits per heavy atom. The van der Waals surface area contributed by atoms with Crippen molar-refractivity contribution in [1.29, 1.82) is 0 Å². The third-order valence-corrected chi connectivity index (χ3v) is 3.93. The van der Waals surface area contributed by atoms with E-state index in [0.717, 1.165) is 0 Å². The van der Waals surface area contributed by atoms with E-state index < -0.39 is 11.4 Å². The molecule has 1 fully saturated rings. The number of hydrogen-bond acceptors (Lipinski definition) is 4. The summed E-state index contributed by atoms with van der Waals surface area (Å²) in [5.41, 5.74) is -0.376. The number of aliphatic carboxylic acids is 1. The highest BCUT2D eigenvalue weighted by molar-refractivity contribution is 5.92. The summed E-state index contributed by atoms with van der Waals surface area (Å²) in [6.45, 7) is 2.25. The van der Waals surface area contributed by atoms with Gasteiger partial charge in [0.05, 0.1) is 25.3 Å². The van der Waals surface area contributed by atoms with Gasteiger partial charge in [-0.25, -0.2) is 4.79 Å². The van der Waals surface area contributed by atoms with Crippen LogP contribution in [0.4, 0.5) is 10.5 Å². The van der Waals surface area contributed by atoms with Crippen LogP contribution in [0.3, 0.4) is 0 Å². The number of likely N-dealkylation sites (tertiary alicyclic amines) is 1. The normalized spacial score (nSPS) is 20.6. The molecule has 1 aliphatic heterocycles. The highest BCUT2D eigenvalue weighted by atomic mass is 16.5. The Balaban J connectivity index is 2.09. The van der Waals surface area contributed by atoms with E-state index in [2.05, 4.69) is 5.32 Å². The maximum absolute atomic E-state index is 12.3. The Labute approximate surface area is 128 Å². The monoisotopic (exact) mass is 308 g/mol. The van der Waals surface area contributed by atoms with Gasteiger partial charge in [-0.2, -0.15) is 0 Å². The molecule has 7 heteroatoms. The lowest BCUT2D eigenvalue weighted by Crippen LogP contribution is -2.37. The maximum Gasteiger partial charge on any atom is 0.321 e. The second kappa shape index (κ2) is 6.13. The standard InChI is InChI=1S/C15H20N2O5/c1-15(13(18)19)6-7-17(9-15)14(20)16-11-5-4-10(21-2)8-12(11)22-3/h4-5,8H,6-7,9H2,1-3H3,(H,16,20)(H,18,19). The molecule has 1 aromatic rings. The minimum atomic E-state index is -0.888. The quantitative estimate of drug-likeness (QED) is 0.888. The summed E-state index contributed by atoms with van der Waals surface area (Å²) >= 11 is 0. The second-order valence-electron chi connectivity index (χ2n) is 5.53. The molecule has 2 amide bonds. The minimum absolute atomic E-state index is 0.187. The highest BCUT2D eigenvalue weighted by Crippen LogP contribution is 2.32. The smallest absolute Gasteiger partial charge is 0.321 e. The zero-order valence-electron chi connectivity index (χ0n) is 12.9. The molecule has 2 N–H and O–H groups in total. The first-order chi connectivity index (χ1) is 10.4. The van der Waals surface area contributed by atoms with Gasteiger partial charge in [0.2, 0.25) is 0 Å². The highest BCUT2D eigenvalue weighted by Gasteiger charge is 2.42. The van der Waals surface area contributed by atoms with E-state index in [1.165, 1.54) is 12.0 Å². The van der Waals surface area contributed by atoms with Crippen molar-refractivity contribution < 1.29 is 24.2 Å². The number of ether oxygens (including phenoxy) is 2. The van der Waals surface area contributed by atoms with Gasteiger partial charge in [-0.15, -0.1) is 0 Å². The van der Waals surface area contributed by atoms with Gasteiger partial charge in [-0.05, 0) is 25.5 Å². The topological polar surface area (TPSA) is 88.1 Å². The van der Waals surface area contributed by atoms with E-state index in [1.54, 1.807) is 32.2 Å². The number of rotatable bonds is 4. The van der Waals surface area contributed by atoms with Crippen molar-refractivity contribution in [2.24, 2.45) is 5.41 Å². The van der Waals surface area contributed by atoms with Crippen LogP contribution in [0.15, 0.2) is 18.2 Å². The summed E-state index contributed by atoms with van der Waals surface area (Å²) in [5.74, 6) is 0.215. The molecule has 1 heterocycles. The molecule has 0 aromatic heterocycles. The largest absolute Gasteiger partial charge is 0.497 e. The van der Waals surface area contributed by atoms with Crippen molar-refractivity contribution in [3.8, 4) is 11.5 Å². The van der Waals surface area contributed by atoms with Crippen LogP contribution in [0, 0.1) is 5.41 Å². The molecule has 0 bridgehead atoms. The van der Waals surface area contributed by atoms with Crippen molar-refractivity contribution in [3.63, 3.8) is 0 Å². The predicted octanol–water partition coefficient (Wildman–Crippen LogP) is 2.03. The number of nitrogens with zero attached hydrogens (tertiary/aromatic N) is 1. The molecule has 0 saturated carbocycles. The first-order valence-electron chi connectivity index (χ1n) is 6.91. The number of methoxy groups -OCH3 is 2. The third kappa shape index (κ3) is 3.08. The molecule has 0 radical (unpaired) electrons. The van der Waals surface area contributed by atoms with Gasteiger partial charge in [-0.3, -0.25) is 4.79 Å². The molecule has 1 atom stereocenters. The van der Waals surface area contributed by atoms with Crippen molar-refractivity contribution in [2.45, 2.75) is 13.3 Å². The lowest BCUT2D eigenvalue weighted by atomic mass is 9.90. The molecule has 1 aliphatic rings. The Kier molecular flexibility index (Phi) is 4.44. The molecule has 1 aromatic carbocycles. The molecule has 2 rings (SSSR count). The number of urea groups is 1. The van der Waals surface area contributed by atoms with Gasteiger partial charge in [0.1, 0.15) is 11.5 Å². The lowest BCUT2D eigenvalue weighted by Gasteiger charge is -2.21. The number of hydrogen-bond donors (Lipinski definition) is 2. The number of carbonyl (C=O) groups excluding carboxylic acids is 1. The average Bonchev–Trinajstić information content (AvgIpc) is 2.91. The first-order valence-corrected chi connectivity index (χ1v) is 6.91. The van der Waals surface area contributed by atoms with E-state index in [1.807, 2.05) is 0 Å². The van der Waals surface area contributed by atoms with Crippen LogP contribution in [0.25, 0.3) is 0 Å². The van der Waals surface area contributed by atoms with E-state index in [-0.39, 0.29) is 12.6 Å². The fourth-order valence-corrected chi connectivity index (χ4v) is 2.41. The fraction of sp³-hybridized carbons (Fsp3) is 0.467. The lowest BCUT2D eigenvalue weighted by molar-refractivity contribution is -0.146. The molecular weight excluding hydrogens is 288 g/mol. The van der Waals surface area contributed by atoms with Gasteiger partial charge in [0, 0.05) is 19.2 Å². The molecule has 7 nitrogen and oxygen atoms in total. The van der Waals surface area contributed by atoms with E-state index in [0.29, 0.717) is 30.2 Å². The van der Waals surface area contributed by atoms with Gasteiger partial charge >= 0.3 is 12.0 Å². The van der Waals surface area contributed by atoms with Crippen molar-refractivity contribution in [1.82, 2.24) is 4.90 Å². The molecule has 0 spiro atoms. The molecular formula is C15H20N2O5. The van der Waals surface area contributed by atoms with Gasteiger partial charge in [-0.1, -0.05) is 0 Å². The van der Waals surface area contributed by atoms with Crippen LogP contribution in [0.5, 0.6) is 11.5 Å². The summed E-state index contributed by atoms with van der Waals surface area (Å²) in [7, 11) is 3.05. The van der Waals surface area contributed by atoms with Gasteiger partial charge < -0.3 is 24.8 Å². The molecule has 1 unspecified atom stereocenters. The summed E-state index contributed by atoms with van der Waals surface area (Å²) in [5, 5.41) is 12.0. The van der Waals surface area contributed by atoms with E-state index >= 15 is 0 Å². The van der Waals surface area contributed by atoms with Crippen LogP contribution in [-0.2, 0) is 4.79 Å². The zero-order chi connectivity index (χ0) is 16.3.